The zero-order valence-corrected chi connectivity index (χ0v) is 15.5. The first-order valence-electron chi connectivity index (χ1n) is 8.91. The van der Waals surface area contributed by atoms with Crippen molar-refractivity contribution >= 4 is 23.2 Å². The number of benzene rings is 1. The second kappa shape index (κ2) is 7.11. The molecule has 1 atom stereocenters. The van der Waals surface area contributed by atoms with E-state index >= 15 is 0 Å². The lowest BCUT2D eigenvalue weighted by atomic mass is 10.0. The summed E-state index contributed by atoms with van der Waals surface area (Å²) in [7, 11) is 0. The Morgan fingerprint density at radius 1 is 1.35 bits per heavy atom. The van der Waals surface area contributed by atoms with Crippen molar-refractivity contribution in [1.29, 1.82) is 0 Å². The fourth-order valence-electron chi connectivity index (χ4n) is 3.51. The molecule has 2 aliphatic rings. The molecule has 0 spiro atoms. The van der Waals surface area contributed by atoms with Crippen molar-refractivity contribution in [2.45, 2.75) is 26.4 Å². The number of amides is 1. The molecule has 1 aromatic carbocycles. The Morgan fingerprint density at radius 2 is 2.19 bits per heavy atom. The Balaban J connectivity index is 1.42. The highest BCUT2D eigenvalue weighted by Gasteiger charge is 2.25. The van der Waals surface area contributed by atoms with Crippen molar-refractivity contribution in [1.82, 2.24) is 4.90 Å². The number of likely N-dealkylation sites (tertiary alicyclic amines) is 1. The molecule has 4 rings (SSSR count). The van der Waals surface area contributed by atoms with Crippen LogP contribution in [0.2, 0.25) is 0 Å². The zero-order chi connectivity index (χ0) is 18.1. The molecule has 1 amide bonds. The summed E-state index contributed by atoms with van der Waals surface area (Å²) in [5, 5.41) is 0. The van der Waals surface area contributed by atoms with Crippen LogP contribution in [0.15, 0.2) is 30.3 Å². The summed E-state index contributed by atoms with van der Waals surface area (Å²) in [5.41, 5.74) is 1.98. The van der Waals surface area contributed by atoms with Crippen LogP contribution in [0.3, 0.4) is 0 Å². The second-order valence-electron chi connectivity index (χ2n) is 6.91. The molecule has 136 valence electrons. The van der Waals surface area contributed by atoms with E-state index in [1.165, 1.54) is 11.3 Å². The fourth-order valence-corrected chi connectivity index (χ4v) is 4.60. The van der Waals surface area contributed by atoms with Gasteiger partial charge in [-0.1, -0.05) is 19.1 Å². The van der Waals surface area contributed by atoms with E-state index in [2.05, 4.69) is 6.92 Å². The fraction of sp³-hybridized carbons (Fsp3) is 0.400. The number of fused-ring (bicyclic) bond motifs is 3. The molecule has 1 saturated heterocycles. The van der Waals surface area contributed by atoms with Gasteiger partial charge < -0.3 is 14.4 Å². The van der Waals surface area contributed by atoms with Gasteiger partial charge >= 0.3 is 5.97 Å². The maximum atomic E-state index is 12.4. The molecule has 5 nitrogen and oxygen atoms in total. The summed E-state index contributed by atoms with van der Waals surface area (Å²) in [4.78, 5) is 28.0. The lowest BCUT2D eigenvalue weighted by Crippen LogP contribution is -2.41. The third-order valence-corrected chi connectivity index (χ3v) is 6.05. The molecule has 6 heteroatoms. The van der Waals surface area contributed by atoms with Crippen LogP contribution in [-0.4, -0.2) is 36.5 Å². The van der Waals surface area contributed by atoms with Gasteiger partial charge in [0.15, 0.2) is 6.61 Å². The maximum Gasteiger partial charge on any atom is 0.348 e. The molecule has 1 fully saturated rings. The first-order chi connectivity index (χ1) is 12.6. The van der Waals surface area contributed by atoms with Crippen LogP contribution in [0, 0.1) is 5.92 Å². The van der Waals surface area contributed by atoms with Crippen LogP contribution >= 0.6 is 11.3 Å². The van der Waals surface area contributed by atoms with Gasteiger partial charge in [0, 0.05) is 29.1 Å². The minimum Gasteiger partial charge on any atom is -0.488 e. The Bertz CT molecular complexity index is 844. The molecule has 1 aromatic heterocycles. The lowest BCUT2D eigenvalue weighted by molar-refractivity contribution is -0.136. The van der Waals surface area contributed by atoms with Gasteiger partial charge in [0.05, 0.1) is 0 Å². The summed E-state index contributed by atoms with van der Waals surface area (Å²) in [6, 6.07) is 9.60. The molecule has 0 saturated carbocycles. The molecule has 0 bridgehead atoms. The van der Waals surface area contributed by atoms with Crippen molar-refractivity contribution in [2.24, 2.45) is 5.92 Å². The Hall–Kier alpha value is -2.34. The smallest absolute Gasteiger partial charge is 0.348 e. The average Bonchev–Trinajstić information content (AvgIpc) is 3.11. The molecule has 3 heterocycles. The van der Waals surface area contributed by atoms with Gasteiger partial charge in [-0.15, -0.1) is 11.3 Å². The van der Waals surface area contributed by atoms with E-state index in [1.54, 1.807) is 4.90 Å². The van der Waals surface area contributed by atoms with Crippen LogP contribution in [0.25, 0.3) is 10.4 Å². The number of esters is 1. The predicted molar refractivity (Wildman–Crippen MR) is 99.3 cm³/mol. The van der Waals surface area contributed by atoms with E-state index in [0.717, 1.165) is 47.7 Å². The summed E-state index contributed by atoms with van der Waals surface area (Å²) >= 11 is 1.39. The van der Waals surface area contributed by atoms with Crippen molar-refractivity contribution in [3.8, 4) is 16.2 Å². The third-order valence-electron chi connectivity index (χ3n) is 4.86. The van der Waals surface area contributed by atoms with E-state index in [1.807, 2.05) is 30.3 Å². The molecule has 1 unspecified atom stereocenters. The van der Waals surface area contributed by atoms with E-state index in [4.69, 9.17) is 9.47 Å². The Morgan fingerprint density at radius 3 is 3.04 bits per heavy atom. The number of piperidine rings is 1. The molecular weight excluding hydrogens is 350 g/mol. The zero-order valence-electron chi connectivity index (χ0n) is 14.7. The third kappa shape index (κ3) is 3.33. The number of ether oxygens (including phenoxy) is 2. The largest absolute Gasteiger partial charge is 0.488 e. The first kappa shape index (κ1) is 17.1. The number of thiophene rings is 1. The van der Waals surface area contributed by atoms with Crippen LogP contribution in [0.5, 0.6) is 5.75 Å². The number of nitrogens with zero attached hydrogens (tertiary/aromatic N) is 1. The number of carbonyl (C=O) groups excluding carboxylic acids is 2. The maximum absolute atomic E-state index is 12.4. The van der Waals surface area contributed by atoms with Crippen LogP contribution in [-0.2, 0) is 16.1 Å². The van der Waals surface area contributed by atoms with Gasteiger partial charge in [0.2, 0.25) is 0 Å². The minimum absolute atomic E-state index is 0.111. The van der Waals surface area contributed by atoms with Crippen molar-refractivity contribution in [3.63, 3.8) is 0 Å². The number of rotatable bonds is 3. The molecule has 0 N–H and O–H groups in total. The second-order valence-corrected chi connectivity index (χ2v) is 7.97. The van der Waals surface area contributed by atoms with Crippen molar-refractivity contribution in [3.05, 3.63) is 40.8 Å². The van der Waals surface area contributed by atoms with Crippen LogP contribution in [0.1, 0.15) is 35.0 Å². The van der Waals surface area contributed by atoms with Gasteiger partial charge in [-0.05, 0) is 37.0 Å². The van der Waals surface area contributed by atoms with Gasteiger partial charge in [-0.2, -0.15) is 0 Å². The van der Waals surface area contributed by atoms with Crippen LogP contribution in [0.4, 0.5) is 0 Å². The average molecular weight is 371 g/mol. The van der Waals surface area contributed by atoms with E-state index < -0.39 is 5.97 Å². The molecule has 26 heavy (non-hydrogen) atoms. The number of hydrogen-bond acceptors (Lipinski definition) is 5. The molecule has 2 aromatic rings. The normalized spacial score (nSPS) is 18.5. The minimum atomic E-state index is -0.444. The molecule has 0 aliphatic carbocycles. The molecule has 2 aliphatic heterocycles. The molecule has 0 radical (unpaired) electrons. The highest BCUT2D eigenvalue weighted by atomic mass is 32.1. The quantitative estimate of drug-likeness (QED) is 0.772. The van der Waals surface area contributed by atoms with Gasteiger partial charge in [0.25, 0.3) is 5.91 Å². The van der Waals surface area contributed by atoms with Gasteiger partial charge in [-0.3, -0.25) is 4.79 Å². The SMILES string of the molecule is CC1CCCN(C(=O)COC(=O)c2cc3c(s2)-c2ccccc2OC3)C1. The number of hydrogen-bond donors (Lipinski definition) is 0. The standard InChI is InChI=1S/C20H21NO4S/c1-13-5-4-8-21(10-13)18(22)12-25-20(23)17-9-14-11-24-16-7-3-2-6-15(16)19(14)26-17/h2-3,6-7,9,13H,4-5,8,10-12H2,1H3. The first-order valence-corrected chi connectivity index (χ1v) is 9.73. The predicted octanol–water partition coefficient (Wildman–Crippen LogP) is 3.72. The summed E-state index contributed by atoms with van der Waals surface area (Å²) < 4.78 is 11.0. The van der Waals surface area contributed by atoms with E-state index in [-0.39, 0.29) is 12.5 Å². The van der Waals surface area contributed by atoms with E-state index in [0.29, 0.717) is 17.4 Å². The van der Waals surface area contributed by atoms with Gasteiger partial charge in [0.1, 0.15) is 17.2 Å². The van der Waals surface area contributed by atoms with Crippen molar-refractivity contribution in [2.75, 3.05) is 19.7 Å². The van der Waals surface area contributed by atoms with Crippen LogP contribution < -0.4 is 4.74 Å². The topological polar surface area (TPSA) is 55.8 Å². The monoisotopic (exact) mass is 371 g/mol. The van der Waals surface area contributed by atoms with Crippen molar-refractivity contribution < 1.29 is 19.1 Å². The lowest BCUT2D eigenvalue weighted by Gasteiger charge is -2.30. The summed E-state index contributed by atoms with van der Waals surface area (Å²) in [5.74, 6) is 0.781. The highest BCUT2D eigenvalue weighted by molar-refractivity contribution is 7.17. The summed E-state index contributed by atoms with van der Waals surface area (Å²) in [6.07, 6.45) is 2.16. The number of para-hydroxylation sites is 1. The van der Waals surface area contributed by atoms with E-state index in [9.17, 15) is 9.59 Å². The Labute approximate surface area is 156 Å². The Kier molecular flexibility index (Phi) is 4.68. The molecular formula is C20H21NO4S. The number of carbonyl (C=O) groups is 2. The van der Waals surface area contributed by atoms with Gasteiger partial charge in [-0.25, -0.2) is 4.79 Å². The summed E-state index contributed by atoms with van der Waals surface area (Å²) in [6.45, 7) is 3.89. The highest BCUT2D eigenvalue weighted by Crippen LogP contribution is 2.42.